The van der Waals surface area contributed by atoms with Crippen LogP contribution in [0.2, 0.25) is 0 Å². The number of nitrogens with one attached hydrogen (secondary N) is 1. The molecule has 0 saturated heterocycles. The van der Waals surface area contributed by atoms with Crippen molar-refractivity contribution in [3.05, 3.63) is 69.7 Å². The van der Waals surface area contributed by atoms with Gasteiger partial charge in [0.25, 0.3) is 0 Å². The molecule has 0 aliphatic rings. The van der Waals surface area contributed by atoms with E-state index in [2.05, 4.69) is 21.2 Å². The molecular formula is C16H16BrNO. The second-order valence-electron chi connectivity index (χ2n) is 4.47. The van der Waals surface area contributed by atoms with Gasteiger partial charge in [0.05, 0.1) is 6.42 Å². The zero-order valence-corrected chi connectivity index (χ0v) is 12.4. The average molecular weight is 318 g/mol. The Balaban J connectivity index is 1.92. The fourth-order valence-corrected chi connectivity index (χ4v) is 2.30. The number of carbonyl (C=O) groups excluding carboxylic acids is 1. The van der Waals surface area contributed by atoms with Crippen molar-refractivity contribution < 1.29 is 4.79 Å². The number of hydrogen-bond donors (Lipinski definition) is 1. The zero-order chi connectivity index (χ0) is 13.7. The molecule has 0 bridgehead atoms. The molecule has 2 aromatic carbocycles. The summed E-state index contributed by atoms with van der Waals surface area (Å²) in [5, 5.41) is 2.95. The Bertz CT molecular complexity index is 580. The monoisotopic (exact) mass is 317 g/mol. The minimum Gasteiger partial charge on any atom is -0.352 e. The van der Waals surface area contributed by atoms with Crippen LogP contribution in [0.3, 0.4) is 0 Å². The van der Waals surface area contributed by atoms with E-state index in [9.17, 15) is 4.79 Å². The molecule has 2 nitrogen and oxygen atoms in total. The molecule has 0 aliphatic heterocycles. The lowest BCUT2D eigenvalue weighted by Gasteiger charge is -2.08. The smallest absolute Gasteiger partial charge is 0.224 e. The normalized spacial score (nSPS) is 10.2. The maximum absolute atomic E-state index is 11.9. The van der Waals surface area contributed by atoms with E-state index in [1.807, 2.05) is 55.5 Å². The molecule has 0 unspecified atom stereocenters. The third-order valence-corrected chi connectivity index (χ3v) is 3.82. The van der Waals surface area contributed by atoms with Gasteiger partial charge >= 0.3 is 0 Å². The lowest BCUT2D eigenvalue weighted by atomic mass is 10.1. The summed E-state index contributed by atoms with van der Waals surface area (Å²) >= 11 is 3.47. The molecule has 0 aliphatic carbocycles. The molecule has 19 heavy (non-hydrogen) atoms. The van der Waals surface area contributed by atoms with E-state index in [1.54, 1.807) is 0 Å². The lowest BCUT2D eigenvalue weighted by molar-refractivity contribution is -0.120. The number of hydrogen-bond acceptors (Lipinski definition) is 1. The van der Waals surface area contributed by atoms with Crippen molar-refractivity contribution >= 4 is 21.8 Å². The van der Waals surface area contributed by atoms with Crippen molar-refractivity contribution in [3.63, 3.8) is 0 Å². The molecule has 0 spiro atoms. The summed E-state index contributed by atoms with van der Waals surface area (Å²) in [6.45, 7) is 2.57. The molecule has 1 amide bonds. The van der Waals surface area contributed by atoms with Gasteiger partial charge in [-0.15, -0.1) is 0 Å². The fraction of sp³-hybridized carbons (Fsp3) is 0.188. The summed E-state index contributed by atoms with van der Waals surface area (Å²) in [6, 6.07) is 15.9. The van der Waals surface area contributed by atoms with Crippen LogP contribution in [0, 0.1) is 6.92 Å². The number of benzene rings is 2. The van der Waals surface area contributed by atoms with Gasteiger partial charge in [-0.1, -0.05) is 58.4 Å². The molecule has 0 heterocycles. The van der Waals surface area contributed by atoms with E-state index in [0.29, 0.717) is 13.0 Å². The quantitative estimate of drug-likeness (QED) is 0.917. The van der Waals surface area contributed by atoms with Crippen molar-refractivity contribution in [3.8, 4) is 0 Å². The van der Waals surface area contributed by atoms with Crippen molar-refractivity contribution in [2.24, 2.45) is 0 Å². The van der Waals surface area contributed by atoms with Gasteiger partial charge in [-0.05, 0) is 29.7 Å². The van der Waals surface area contributed by atoms with Gasteiger partial charge in [-0.25, -0.2) is 0 Å². The van der Waals surface area contributed by atoms with E-state index in [-0.39, 0.29) is 5.91 Å². The molecule has 0 radical (unpaired) electrons. The Morgan fingerprint density at radius 2 is 1.68 bits per heavy atom. The number of rotatable bonds is 4. The molecule has 0 atom stereocenters. The summed E-state index contributed by atoms with van der Waals surface area (Å²) in [6.07, 6.45) is 0.428. The van der Waals surface area contributed by atoms with Crippen LogP contribution >= 0.6 is 15.9 Å². The highest BCUT2D eigenvalue weighted by Gasteiger charge is 2.06. The molecule has 1 N–H and O–H groups in total. The second kappa shape index (κ2) is 6.53. The first-order valence-corrected chi connectivity index (χ1v) is 7.01. The maximum Gasteiger partial charge on any atom is 0.224 e. The van der Waals surface area contributed by atoms with E-state index in [4.69, 9.17) is 0 Å². The molecule has 2 aromatic rings. The largest absolute Gasteiger partial charge is 0.352 e. The van der Waals surface area contributed by atoms with Crippen LogP contribution in [-0.2, 0) is 17.8 Å². The topological polar surface area (TPSA) is 29.1 Å². The average Bonchev–Trinajstić information content (AvgIpc) is 2.40. The second-order valence-corrected chi connectivity index (χ2v) is 5.33. The summed E-state index contributed by atoms with van der Waals surface area (Å²) in [7, 11) is 0. The third kappa shape index (κ3) is 3.93. The molecular weight excluding hydrogens is 302 g/mol. The van der Waals surface area contributed by atoms with E-state index >= 15 is 0 Å². The lowest BCUT2D eigenvalue weighted by Crippen LogP contribution is -2.25. The summed E-state index contributed by atoms with van der Waals surface area (Å²) in [5.41, 5.74) is 3.31. The van der Waals surface area contributed by atoms with Gasteiger partial charge in [-0.3, -0.25) is 4.79 Å². The molecule has 0 fully saturated rings. The number of carbonyl (C=O) groups is 1. The predicted octanol–water partition coefficient (Wildman–Crippen LogP) is 3.62. The van der Waals surface area contributed by atoms with Crippen LogP contribution in [0.5, 0.6) is 0 Å². The van der Waals surface area contributed by atoms with Crippen LogP contribution in [0.15, 0.2) is 53.0 Å². The molecule has 0 aromatic heterocycles. The van der Waals surface area contributed by atoms with Gasteiger partial charge in [0.15, 0.2) is 0 Å². The van der Waals surface area contributed by atoms with Crippen molar-refractivity contribution in [1.82, 2.24) is 5.32 Å². The van der Waals surface area contributed by atoms with Gasteiger partial charge in [0.2, 0.25) is 5.91 Å². The van der Waals surface area contributed by atoms with Crippen molar-refractivity contribution in [2.75, 3.05) is 0 Å². The number of halogens is 1. The fourth-order valence-electron chi connectivity index (χ4n) is 1.88. The van der Waals surface area contributed by atoms with Gasteiger partial charge < -0.3 is 5.32 Å². The van der Waals surface area contributed by atoms with E-state index < -0.39 is 0 Å². The summed E-state index contributed by atoms with van der Waals surface area (Å²) in [5.74, 6) is 0.0463. The predicted molar refractivity (Wildman–Crippen MR) is 80.9 cm³/mol. The SMILES string of the molecule is Cc1ccccc1CC(=O)NCc1ccccc1Br. The minimum absolute atomic E-state index is 0.0463. The molecule has 98 valence electrons. The van der Waals surface area contributed by atoms with Crippen LogP contribution in [0.25, 0.3) is 0 Å². The summed E-state index contributed by atoms with van der Waals surface area (Å²) < 4.78 is 1.02. The molecule has 3 heteroatoms. The highest BCUT2D eigenvalue weighted by molar-refractivity contribution is 9.10. The number of aryl methyl sites for hydroxylation is 1. The Hall–Kier alpha value is -1.61. The first kappa shape index (κ1) is 13.8. The van der Waals surface area contributed by atoms with E-state index in [0.717, 1.165) is 21.2 Å². The highest BCUT2D eigenvalue weighted by Crippen LogP contribution is 2.15. The van der Waals surface area contributed by atoms with Crippen molar-refractivity contribution in [1.29, 1.82) is 0 Å². The maximum atomic E-state index is 11.9. The van der Waals surface area contributed by atoms with E-state index in [1.165, 1.54) is 0 Å². The van der Waals surface area contributed by atoms with Crippen LogP contribution in [0.1, 0.15) is 16.7 Å². The van der Waals surface area contributed by atoms with Crippen LogP contribution < -0.4 is 5.32 Å². The minimum atomic E-state index is 0.0463. The Morgan fingerprint density at radius 1 is 1.05 bits per heavy atom. The van der Waals surface area contributed by atoms with Crippen LogP contribution in [0.4, 0.5) is 0 Å². The zero-order valence-electron chi connectivity index (χ0n) is 10.8. The van der Waals surface area contributed by atoms with Gasteiger partial charge in [-0.2, -0.15) is 0 Å². The first-order chi connectivity index (χ1) is 9.16. The first-order valence-electron chi connectivity index (χ1n) is 6.21. The Labute approximate surface area is 122 Å². The van der Waals surface area contributed by atoms with Gasteiger partial charge in [0.1, 0.15) is 0 Å². The third-order valence-electron chi connectivity index (χ3n) is 3.05. The molecule has 0 saturated carbocycles. The Morgan fingerprint density at radius 3 is 2.37 bits per heavy atom. The number of amides is 1. The van der Waals surface area contributed by atoms with Gasteiger partial charge in [0, 0.05) is 11.0 Å². The summed E-state index contributed by atoms with van der Waals surface area (Å²) in [4.78, 5) is 11.9. The Kier molecular flexibility index (Phi) is 4.74. The molecule has 2 rings (SSSR count). The van der Waals surface area contributed by atoms with Crippen LogP contribution in [-0.4, -0.2) is 5.91 Å². The highest BCUT2D eigenvalue weighted by atomic mass is 79.9. The van der Waals surface area contributed by atoms with Crippen molar-refractivity contribution in [2.45, 2.75) is 19.9 Å². The standard InChI is InChI=1S/C16H16BrNO/c1-12-6-2-3-7-13(12)10-16(19)18-11-14-8-4-5-9-15(14)17/h2-9H,10-11H2,1H3,(H,18,19).